The van der Waals surface area contributed by atoms with Crippen molar-refractivity contribution in [3.8, 4) is 0 Å². The first kappa shape index (κ1) is 10.7. The summed E-state index contributed by atoms with van der Waals surface area (Å²) in [6, 6.07) is 0.507. The highest BCUT2D eigenvalue weighted by Crippen LogP contribution is 2.23. The molecule has 86 valence electrons. The third-order valence-corrected chi connectivity index (χ3v) is 3.72. The minimum absolute atomic E-state index is 0.265. The molecule has 15 heavy (non-hydrogen) atoms. The molecule has 1 saturated carbocycles. The molecule has 2 N–H and O–H groups in total. The molecule has 1 aliphatic heterocycles. The highest BCUT2D eigenvalue weighted by atomic mass is 16.2. The van der Waals surface area contributed by atoms with Crippen molar-refractivity contribution in [3.63, 3.8) is 0 Å². The lowest BCUT2D eigenvalue weighted by atomic mass is 9.94. The Morgan fingerprint density at radius 1 is 1.00 bits per heavy atom. The normalized spacial score (nSPS) is 25.5. The molecule has 0 bridgehead atoms. The number of hydrogen-bond acceptors (Lipinski definition) is 2. The van der Waals surface area contributed by atoms with Gasteiger partial charge < -0.3 is 10.6 Å². The number of urea groups is 1. The van der Waals surface area contributed by atoms with E-state index in [0.29, 0.717) is 0 Å². The molecule has 0 atom stereocenters. The van der Waals surface area contributed by atoms with E-state index in [0.717, 1.165) is 32.2 Å². The molecule has 4 heteroatoms. The highest BCUT2D eigenvalue weighted by molar-refractivity contribution is 5.72. The highest BCUT2D eigenvalue weighted by Gasteiger charge is 2.25. The molecule has 0 aromatic heterocycles. The monoisotopic (exact) mass is 211 g/mol. The van der Waals surface area contributed by atoms with Gasteiger partial charge in [-0.1, -0.05) is 19.3 Å². The third kappa shape index (κ3) is 2.62. The van der Waals surface area contributed by atoms with Crippen LogP contribution in [0.3, 0.4) is 0 Å². The van der Waals surface area contributed by atoms with E-state index in [9.17, 15) is 4.79 Å². The molecule has 2 fully saturated rings. The zero-order valence-corrected chi connectivity index (χ0v) is 9.32. The average molecular weight is 211 g/mol. The van der Waals surface area contributed by atoms with Crippen LogP contribution in [0.2, 0.25) is 0 Å². The van der Waals surface area contributed by atoms with Gasteiger partial charge in [-0.25, -0.2) is 4.79 Å². The topological polar surface area (TPSA) is 49.6 Å². The molecule has 2 aliphatic rings. The van der Waals surface area contributed by atoms with E-state index < -0.39 is 0 Å². The maximum Gasteiger partial charge on any atom is 0.314 e. The zero-order valence-electron chi connectivity index (χ0n) is 9.32. The lowest BCUT2D eigenvalue weighted by molar-refractivity contribution is 0.0931. The van der Waals surface area contributed by atoms with Crippen LogP contribution >= 0.6 is 0 Å². The number of primary amides is 1. The fraction of sp³-hybridized carbons (Fsp3) is 0.909. The molecular formula is C11H21N3O. The van der Waals surface area contributed by atoms with E-state index in [1.807, 2.05) is 0 Å². The number of nitrogens with two attached hydrogens (primary N) is 1. The molecule has 0 unspecified atom stereocenters. The lowest BCUT2D eigenvalue weighted by Gasteiger charge is -2.40. The molecule has 1 saturated heterocycles. The summed E-state index contributed by atoms with van der Waals surface area (Å²) in [4.78, 5) is 15.3. The summed E-state index contributed by atoms with van der Waals surface area (Å²) in [7, 11) is 0. The first-order valence-electron chi connectivity index (χ1n) is 6.06. The van der Waals surface area contributed by atoms with Gasteiger partial charge in [-0.3, -0.25) is 4.90 Å². The minimum Gasteiger partial charge on any atom is -0.351 e. The Morgan fingerprint density at radius 2 is 1.60 bits per heavy atom. The van der Waals surface area contributed by atoms with Crippen LogP contribution in [0.4, 0.5) is 4.79 Å². The summed E-state index contributed by atoms with van der Waals surface area (Å²) in [5, 5.41) is 0. The summed E-state index contributed by atoms with van der Waals surface area (Å²) in [5.74, 6) is 0. The average Bonchev–Trinajstić information content (AvgIpc) is 2.30. The van der Waals surface area contributed by atoms with Crippen LogP contribution in [-0.2, 0) is 0 Å². The van der Waals surface area contributed by atoms with Gasteiger partial charge in [0.05, 0.1) is 0 Å². The molecule has 0 aromatic carbocycles. The van der Waals surface area contributed by atoms with Gasteiger partial charge in [-0.15, -0.1) is 0 Å². The standard InChI is InChI=1S/C11H21N3O/c12-11(15)14-8-6-13(7-9-14)10-4-2-1-3-5-10/h10H,1-9H2,(H2,12,15). The molecule has 2 amide bonds. The second-order valence-corrected chi connectivity index (χ2v) is 4.65. The van der Waals surface area contributed by atoms with Gasteiger partial charge in [0.2, 0.25) is 0 Å². The van der Waals surface area contributed by atoms with Crippen molar-refractivity contribution >= 4 is 6.03 Å². The van der Waals surface area contributed by atoms with Crippen LogP contribution in [0, 0.1) is 0 Å². The molecule has 1 aliphatic carbocycles. The molecule has 4 nitrogen and oxygen atoms in total. The summed E-state index contributed by atoms with van der Waals surface area (Å²) < 4.78 is 0. The van der Waals surface area contributed by atoms with Gasteiger partial charge in [0.15, 0.2) is 0 Å². The van der Waals surface area contributed by atoms with Crippen molar-refractivity contribution in [1.29, 1.82) is 0 Å². The van der Waals surface area contributed by atoms with Crippen LogP contribution in [0.5, 0.6) is 0 Å². The van der Waals surface area contributed by atoms with Crippen LogP contribution < -0.4 is 5.73 Å². The van der Waals surface area contributed by atoms with Gasteiger partial charge in [-0.05, 0) is 12.8 Å². The number of carbonyl (C=O) groups is 1. The van der Waals surface area contributed by atoms with Crippen molar-refractivity contribution < 1.29 is 4.79 Å². The maximum atomic E-state index is 11.0. The van der Waals surface area contributed by atoms with E-state index in [1.54, 1.807) is 4.90 Å². The van der Waals surface area contributed by atoms with Crippen molar-refractivity contribution in [2.45, 2.75) is 38.1 Å². The second-order valence-electron chi connectivity index (χ2n) is 4.65. The number of piperazine rings is 1. The summed E-state index contributed by atoms with van der Waals surface area (Å²) in [6.45, 7) is 3.64. The molecule has 0 aromatic rings. The first-order valence-corrected chi connectivity index (χ1v) is 6.06. The Kier molecular flexibility index (Phi) is 3.46. The van der Waals surface area contributed by atoms with Crippen molar-refractivity contribution in [1.82, 2.24) is 9.80 Å². The maximum absolute atomic E-state index is 11.0. The van der Waals surface area contributed by atoms with Gasteiger partial charge in [0, 0.05) is 32.2 Å². The first-order chi connectivity index (χ1) is 7.27. The fourth-order valence-electron chi connectivity index (χ4n) is 2.75. The third-order valence-electron chi connectivity index (χ3n) is 3.72. The summed E-state index contributed by atoms with van der Waals surface area (Å²) in [5.41, 5.74) is 5.26. The fourth-order valence-corrected chi connectivity index (χ4v) is 2.75. The van der Waals surface area contributed by atoms with E-state index in [4.69, 9.17) is 5.73 Å². The van der Waals surface area contributed by atoms with Gasteiger partial charge in [0.1, 0.15) is 0 Å². The predicted octanol–water partition coefficient (Wildman–Crippen LogP) is 1.02. The van der Waals surface area contributed by atoms with Gasteiger partial charge in [0.25, 0.3) is 0 Å². The van der Waals surface area contributed by atoms with E-state index >= 15 is 0 Å². The van der Waals surface area contributed by atoms with Crippen molar-refractivity contribution in [3.05, 3.63) is 0 Å². The number of nitrogens with zero attached hydrogens (tertiary/aromatic N) is 2. The number of rotatable bonds is 1. The Balaban J connectivity index is 1.79. The van der Waals surface area contributed by atoms with Gasteiger partial charge in [-0.2, -0.15) is 0 Å². The van der Waals surface area contributed by atoms with Crippen molar-refractivity contribution in [2.24, 2.45) is 5.73 Å². The van der Waals surface area contributed by atoms with E-state index in [1.165, 1.54) is 32.1 Å². The molecule has 0 radical (unpaired) electrons. The Morgan fingerprint density at radius 3 is 2.13 bits per heavy atom. The van der Waals surface area contributed by atoms with Crippen LogP contribution in [0.15, 0.2) is 0 Å². The zero-order chi connectivity index (χ0) is 10.7. The largest absolute Gasteiger partial charge is 0.351 e. The molecular weight excluding hydrogens is 190 g/mol. The summed E-state index contributed by atoms with van der Waals surface area (Å²) >= 11 is 0. The molecule has 0 spiro atoms. The molecule has 2 rings (SSSR count). The Bertz CT molecular complexity index is 218. The predicted molar refractivity (Wildman–Crippen MR) is 59.6 cm³/mol. The Labute approximate surface area is 91.4 Å². The van der Waals surface area contributed by atoms with E-state index in [2.05, 4.69) is 4.90 Å². The molecule has 1 heterocycles. The Hall–Kier alpha value is -0.770. The number of amides is 2. The SMILES string of the molecule is NC(=O)N1CCN(C2CCCCC2)CC1. The van der Waals surface area contributed by atoms with Gasteiger partial charge >= 0.3 is 6.03 Å². The van der Waals surface area contributed by atoms with Crippen LogP contribution in [0.1, 0.15) is 32.1 Å². The summed E-state index contributed by atoms with van der Waals surface area (Å²) in [6.07, 6.45) is 6.84. The van der Waals surface area contributed by atoms with Crippen LogP contribution in [-0.4, -0.2) is 48.1 Å². The number of hydrogen-bond donors (Lipinski definition) is 1. The lowest BCUT2D eigenvalue weighted by Crippen LogP contribution is -2.53. The van der Waals surface area contributed by atoms with Crippen molar-refractivity contribution in [2.75, 3.05) is 26.2 Å². The van der Waals surface area contributed by atoms with E-state index in [-0.39, 0.29) is 6.03 Å². The smallest absolute Gasteiger partial charge is 0.314 e. The second kappa shape index (κ2) is 4.84. The quantitative estimate of drug-likeness (QED) is 0.704. The van der Waals surface area contributed by atoms with Crippen LogP contribution in [0.25, 0.3) is 0 Å². The minimum atomic E-state index is -0.265. The number of carbonyl (C=O) groups excluding carboxylic acids is 1.